The molecule has 0 amide bonds. The molecule has 0 aromatic heterocycles. The van der Waals surface area contributed by atoms with Crippen LogP contribution in [0.15, 0.2) is 12.1 Å². The molecule has 3 nitrogen and oxygen atoms in total. The number of aryl methyl sites for hydroxylation is 2. The van der Waals surface area contributed by atoms with Crippen LogP contribution in [-0.2, 0) is 0 Å². The summed E-state index contributed by atoms with van der Waals surface area (Å²) in [5.41, 5.74) is 9.76. The molecule has 0 saturated heterocycles. The highest BCUT2D eigenvalue weighted by molar-refractivity contribution is 5.43. The lowest BCUT2D eigenvalue weighted by Crippen LogP contribution is -2.32. The van der Waals surface area contributed by atoms with Crippen LogP contribution in [0.1, 0.15) is 36.1 Å². The summed E-state index contributed by atoms with van der Waals surface area (Å²) in [5.74, 6) is 1.40. The van der Waals surface area contributed by atoms with Crippen molar-refractivity contribution in [3.63, 3.8) is 0 Å². The Labute approximate surface area is 117 Å². The van der Waals surface area contributed by atoms with E-state index < -0.39 is 0 Å². The Balaban J connectivity index is 3.33. The molecular weight excluding hydrogens is 236 g/mol. The van der Waals surface area contributed by atoms with Gasteiger partial charge >= 0.3 is 0 Å². The molecule has 0 fully saturated rings. The van der Waals surface area contributed by atoms with Crippen LogP contribution >= 0.6 is 0 Å². The van der Waals surface area contributed by atoms with Crippen LogP contribution in [0.5, 0.6) is 5.75 Å². The summed E-state index contributed by atoms with van der Waals surface area (Å²) in [6.07, 6.45) is 1.06. The van der Waals surface area contributed by atoms with E-state index in [4.69, 9.17) is 10.5 Å². The Bertz CT molecular complexity index is 411. The van der Waals surface area contributed by atoms with Crippen molar-refractivity contribution in [2.24, 2.45) is 11.7 Å². The summed E-state index contributed by atoms with van der Waals surface area (Å²) < 4.78 is 5.58. The van der Waals surface area contributed by atoms with E-state index in [0.29, 0.717) is 18.5 Å². The van der Waals surface area contributed by atoms with Crippen molar-refractivity contribution in [1.29, 1.82) is 0 Å². The Kier molecular flexibility index (Phi) is 5.83. The second-order valence-corrected chi connectivity index (χ2v) is 5.49. The number of methoxy groups -OCH3 is 1. The van der Waals surface area contributed by atoms with Crippen molar-refractivity contribution in [1.82, 2.24) is 4.90 Å². The third-order valence-corrected chi connectivity index (χ3v) is 3.99. The van der Waals surface area contributed by atoms with Gasteiger partial charge in [0.15, 0.2) is 0 Å². The highest BCUT2D eigenvalue weighted by Crippen LogP contribution is 2.36. The van der Waals surface area contributed by atoms with Gasteiger partial charge in [-0.05, 0) is 57.6 Å². The first-order valence-electron chi connectivity index (χ1n) is 6.97. The molecule has 0 aliphatic carbocycles. The van der Waals surface area contributed by atoms with Crippen LogP contribution in [0.25, 0.3) is 0 Å². The van der Waals surface area contributed by atoms with E-state index in [-0.39, 0.29) is 0 Å². The lowest BCUT2D eigenvalue weighted by atomic mass is 9.88. The zero-order chi connectivity index (χ0) is 14.6. The summed E-state index contributed by atoms with van der Waals surface area (Å²) in [6.45, 7) is 7.15. The maximum absolute atomic E-state index is 5.95. The predicted octanol–water partition coefficient (Wildman–Crippen LogP) is 2.90. The molecule has 1 aromatic carbocycles. The summed E-state index contributed by atoms with van der Waals surface area (Å²) >= 11 is 0. The lowest BCUT2D eigenvalue weighted by Gasteiger charge is -2.33. The van der Waals surface area contributed by atoms with E-state index in [1.165, 1.54) is 16.7 Å². The van der Waals surface area contributed by atoms with E-state index in [1.54, 1.807) is 7.11 Å². The van der Waals surface area contributed by atoms with Crippen molar-refractivity contribution in [3.8, 4) is 5.75 Å². The van der Waals surface area contributed by atoms with Crippen molar-refractivity contribution >= 4 is 0 Å². The molecule has 1 aromatic rings. The van der Waals surface area contributed by atoms with E-state index in [2.05, 4.69) is 51.9 Å². The summed E-state index contributed by atoms with van der Waals surface area (Å²) in [4.78, 5) is 2.24. The number of nitrogens with zero attached hydrogens (tertiary/aromatic N) is 1. The van der Waals surface area contributed by atoms with Crippen molar-refractivity contribution < 1.29 is 4.74 Å². The van der Waals surface area contributed by atoms with Gasteiger partial charge in [0.05, 0.1) is 7.11 Å². The van der Waals surface area contributed by atoms with E-state index in [0.717, 1.165) is 12.2 Å². The third-order valence-electron chi connectivity index (χ3n) is 3.99. The van der Waals surface area contributed by atoms with E-state index >= 15 is 0 Å². The predicted molar refractivity (Wildman–Crippen MR) is 81.7 cm³/mol. The van der Waals surface area contributed by atoms with Crippen LogP contribution < -0.4 is 10.5 Å². The molecule has 0 radical (unpaired) electrons. The van der Waals surface area contributed by atoms with Crippen LogP contribution in [0, 0.1) is 19.8 Å². The molecule has 0 heterocycles. The lowest BCUT2D eigenvalue weighted by molar-refractivity contribution is 0.205. The average Bonchev–Trinajstić information content (AvgIpc) is 2.38. The third kappa shape index (κ3) is 3.48. The number of nitrogens with two attached hydrogens (primary N) is 1. The largest absolute Gasteiger partial charge is 0.496 e. The fraction of sp³-hybridized carbons (Fsp3) is 0.625. The molecule has 108 valence electrons. The number of benzene rings is 1. The van der Waals surface area contributed by atoms with Gasteiger partial charge in [0.2, 0.25) is 0 Å². The fourth-order valence-corrected chi connectivity index (χ4v) is 2.69. The van der Waals surface area contributed by atoms with Crippen molar-refractivity contribution in [3.05, 3.63) is 28.8 Å². The van der Waals surface area contributed by atoms with Crippen LogP contribution in [0.3, 0.4) is 0 Å². The van der Waals surface area contributed by atoms with Gasteiger partial charge in [-0.1, -0.05) is 19.4 Å². The Morgan fingerprint density at radius 3 is 2.21 bits per heavy atom. The summed E-state index contributed by atoms with van der Waals surface area (Å²) in [5, 5.41) is 0. The zero-order valence-corrected chi connectivity index (χ0v) is 13.2. The van der Waals surface area contributed by atoms with Crippen LogP contribution in [0.2, 0.25) is 0 Å². The number of hydrogen-bond acceptors (Lipinski definition) is 3. The first-order valence-corrected chi connectivity index (χ1v) is 6.97. The molecule has 0 aliphatic rings. The van der Waals surface area contributed by atoms with Gasteiger partial charge in [-0.2, -0.15) is 0 Å². The molecule has 2 unspecified atom stereocenters. The van der Waals surface area contributed by atoms with Crippen molar-refractivity contribution in [2.45, 2.75) is 33.2 Å². The van der Waals surface area contributed by atoms with Gasteiger partial charge < -0.3 is 15.4 Å². The van der Waals surface area contributed by atoms with Gasteiger partial charge in [0.25, 0.3) is 0 Å². The molecule has 0 saturated carbocycles. The second kappa shape index (κ2) is 6.92. The molecule has 2 atom stereocenters. The van der Waals surface area contributed by atoms with Gasteiger partial charge in [-0.15, -0.1) is 0 Å². The minimum atomic E-state index is 0.296. The number of hydrogen-bond donors (Lipinski definition) is 1. The zero-order valence-electron chi connectivity index (χ0n) is 13.2. The maximum atomic E-state index is 5.95. The topological polar surface area (TPSA) is 38.5 Å². The molecule has 3 heteroatoms. The fourth-order valence-electron chi connectivity index (χ4n) is 2.69. The normalized spacial score (nSPS) is 14.5. The number of rotatable bonds is 6. The first-order chi connectivity index (χ1) is 8.96. The van der Waals surface area contributed by atoms with E-state index in [1.807, 2.05) is 0 Å². The summed E-state index contributed by atoms with van der Waals surface area (Å²) in [6, 6.07) is 4.67. The minimum absolute atomic E-state index is 0.296. The molecule has 0 aliphatic heterocycles. The first kappa shape index (κ1) is 16.0. The highest BCUT2D eigenvalue weighted by Gasteiger charge is 2.26. The average molecular weight is 264 g/mol. The quantitative estimate of drug-likeness (QED) is 0.858. The molecule has 0 bridgehead atoms. The molecular formula is C16H28N2O. The van der Waals surface area contributed by atoms with Crippen LogP contribution in [-0.4, -0.2) is 32.6 Å². The van der Waals surface area contributed by atoms with Gasteiger partial charge in [-0.25, -0.2) is 0 Å². The van der Waals surface area contributed by atoms with Crippen molar-refractivity contribution in [2.75, 3.05) is 27.7 Å². The Morgan fingerprint density at radius 1 is 1.21 bits per heavy atom. The minimum Gasteiger partial charge on any atom is -0.496 e. The smallest absolute Gasteiger partial charge is 0.123 e. The Morgan fingerprint density at radius 2 is 1.79 bits per heavy atom. The Hall–Kier alpha value is -1.06. The second-order valence-electron chi connectivity index (χ2n) is 5.49. The molecule has 0 spiro atoms. The van der Waals surface area contributed by atoms with Crippen LogP contribution in [0.4, 0.5) is 0 Å². The van der Waals surface area contributed by atoms with Gasteiger partial charge in [0, 0.05) is 11.6 Å². The molecule has 2 N–H and O–H groups in total. The monoisotopic (exact) mass is 264 g/mol. The van der Waals surface area contributed by atoms with Gasteiger partial charge in [0.1, 0.15) is 5.75 Å². The standard InChI is InChI=1S/C16H28N2O/c1-7-13(10-17)16(18(4)5)14-8-11(2)12(3)9-15(14)19-6/h8-9,13,16H,7,10,17H2,1-6H3. The van der Waals surface area contributed by atoms with Gasteiger partial charge in [-0.3, -0.25) is 0 Å². The summed E-state index contributed by atoms with van der Waals surface area (Å²) in [7, 11) is 5.96. The number of ether oxygens (including phenoxy) is 1. The maximum Gasteiger partial charge on any atom is 0.123 e. The SMILES string of the molecule is CCC(CN)C(c1cc(C)c(C)cc1OC)N(C)C. The van der Waals surface area contributed by atoms with E-state index in [9.17, 15) is 0 Å². The molecule has 1 rings (SSSR count). The molecule has 19 heavy (non-hydrogen) atoms. The highest BCUT2D eigenvalue weighted by atomic mass is 16.5.